The van der Waals surface area contributed by atoms with Gasteiger partial charge in [0.2, 0.25) is 0 Å². The molecule has 1 saturated carbocycles. The molecule has 0 radical (unpaired) electrons. The third-order valence-corrected chi connectivity index (χ3v) is 6.02. The lowest BCUT2D eigenvalue weighted by atomic mass is 9.58. The molecule has 104 valence electrons. The predicted octanol–water partition coefficient (Wildman–Crippen LogP) is 4.72. The van der Waals surface area contributed by atoms with Gasteiger partial charge in [-0.2, -0.15) is 0 Å². The fourth-order valence-electron chi connectivity index (χ4n) is 4.42. The van der Waals surface area contributed by atoms with Crippen molar-refractivity contribution in [1.29, 1.82) is 0 Å². The smallest absolute Gasteiger partial charge is 0.0210 e. The number of rotatable bonds is 1. The minimum atomic E-state index is 0.548. The van der Waals surface area contributed by atoms with Crippen molar-refractivity contribution in [1.82, 2.24) is 5.32 Å². The average molecular weight is 322 g/mol. The van der Waals surface area contributed by atoms with Crippen LogP contribution in [-0.4, -0.2) is 13.1 Å². The van der Waals surface area contributed by atoms with E-state index in [2.05, 4.69) is 52.4 Å². The molecule has 1 aliphatic carbocycles. The maximum atomic E-state index is 3.77. The summed E-state index contributed by atoms with van der Waals surface area (Å²) < 4.78 is 1.29. The predicted molar refractivity (Wildman–Crippen MR) is 84.4 cm³/mol. The minimum absolute atomic E-state index is 0.548. The molecule has 1 aliphatic heterocycles. The van der Waals surface area contributed by atoms with Crippen molar-refractivity contribution in [3.63, 3.8) is 0 Å². The van der Waals surface area contributed by atoms with Gasteiger partial charge in [0.15, 0.2) is 0 Å². The van der Waals surface area contributed by atoms with Crippen molar-refractivity contribution in [3.8, 4) is 0 Å². The Labute approximate surface area is 125 Å². The molecule has 2 fully saturated rings. The Balaban J connectivity index is 1.95. The molecule has 1 nitrogen and oxygen atoms in total. The molecule has 3 unspecified atom stereocenters. The minimum Gasteiger partial charge on any atom is -0.316 e. The number of nitrogens with one attached hydrogen (secondary N) is 1. The van der Waals surface area contributed by atoms with Crippen LogP contribution < -0.4 is 5.32 Å². The second kappa shape index (κ2) is 5.57. The van der Waals surface area contributed by atoms with E-state index < -0.39 is 0 Å². The molecule has 19 heavy (non-hydrogen) atoms. The summed E-state index contributed by atoms with van der Waals surface area (Å²) >= 11 is 3.77. The molecule has 0 bridgehead atoms. The van der Waals surface area contributed by atoms with Crippen LogP contribution in [-0.2, 0) is 0 Å². The summed E-state index contributed by atoms with van der Waals surface area (Å²) in [6, 6.07) is 8.83. The van der Waals surface area contributed by atoms with Crippen LogP contribution in [0.25, 0.3) is 0 Å². The SMILES string of the molecule is CC1CCCC2(CCNCC2c2ccccc2Br)C1. The topological polar surface area (TPSA) is 12.0 Å². The lowest BCUT2D eigenvalue weighted by molar-refractivity contribution is 0.0754. The first kappa shape index (κ1) is 13.6. The Kier molecular flexibility index (Phi) is 4.00. The third-order valence-electron chi connectivity index (χ3n) is 5.29. The first-order chi connectivity index (χ1) is 9.21. The van der Waals surface area contributed by atoms with Gasteiger partial charge in [-0.25, -0.2) is 0 Å². The van der Waals surface area contributed by atoms with E-state index in [0.29, 0.717) is 11.3 Å². The summed E-state index contributed by atoms with van der Waals surface area (Å²) in [7, 11) is 0. The highest BCUT2D eigenvalue weighted by molar-refractivity contribution is 9.10. The van der Waals surface area contributed by atoms with Crippen LogP contribution in [0.3, 0.4) is 0 Å². The standard InChI is InChI=1S/C17H24BrN/c1-13-5-4-8-17(11-13)9-10-19-12-15(17)14-6-2-3-7-16(14)18/h2-3,6-7,13,15,19H,4-5,8-12H2,1H3. The summed E-state index contributed by atoms with van der Waals surface area (Å²) in [6.45, 7) is 4.79. The van der Waals surface area contributed by atoms with Gasteiger partial charge in [0.25, 0.3) is 0 Å². The van der Waals surface area contributed by atoms with Crippen LogP contribution in [0.15, 0.2) is 28.7 Å². The van der Waals surface area contributed by atoms with E-state index in [9.17, 15) is 0 Å². The zero-order valence-electron chi connectivity index (χ0n) is 11.8. The molecule has 1 N–H and O–H groups in total. The number of benzene rings is 1. The average Bonchev–Trinajstić information content (AvgIpc) is 2.40. The maximum absolute atomic E-state index is 3.77. The van der Waals surface area contributed by atoms with Crippen molar-refractivity contribution < 1.29 is 0 Å². The van der Waals surface area contributed by atoms with Gasteiger partial charge < -0.3 is 5.32 Å². The molecule has 3 rings (SSSR count). The first-order valence-electron chi connectivity index (χ1n) is 7.66. The lowest BCUT2D eigenvalue weighted by Gasteiger charge is -2.49. The Morgan fingerprint density at radius 2 is 2.11 bits per heavy atom. The number of piperidine rings is 1. The quantitative estimate of drug-likeness (QED) is 0.789. The molecule has 0 amide bonds. The van der Waals surface area contributed by atoms with Crippen molar-refractivity contribution in [2.24, 2.45) is 11.3 Å². The van der Waals surface area contributed by atoms with E-state index in [1.54, 1.807) is 0 Å². The van der Waals surface area contributed by atoms with Gasteiger partial charge in [-0.05, 0) is 48.8 Å². The summed E-state index contributed by atoms with van der Waals surface area (Å²) in [5.41, 5.74) is 2.07. The molecule has 2 heteroatoms. The number of hydrogen-bond acceptors (Lipinski definition) is 1. The van der Waals surface area contributed by atoms with Crippen LogP contribution in [0.4, 0.5) is 0 Å². The molecular formula is C17H24BrN. The van der Waals surface area contributed by atoms with Crippen LogP contribution >= 0.6 is 15.9 Å². The maximum Gasteiger partial charge on any atom is 0.0210 e. The molecule has 1 saturated heterocycles. The highest BCUT2D eigenvalue weighted by Crippen LogP contribution is 2.53. The van der Waals surface area contributed by atoms with Crippen LogP contribution in [0.1, 0.15) is 50.5 Å². The zero-order chi connectivity index (χ0) is 13.3. The van der Waals surface area contributed by atoms with E-state index in [0.717, 1.165) is 12.5 Å². The second-order valence-electron chi connectivity index (χ2n) is 6.59. The van der Waals surface area contributed by atoms with Crippen molar-refractivity contribution in [2.45, 2.75) is 44.9 Å². The zero-order valence-corrected chi connectivity index (χ0v) is 13.4. The Morgan fingerprint density at radius 3 is 2.89 bits per heavy atom. The molecule has 2 aliphatic rings. The van der Waals surface area contributed by atoms with E-state index >= 15 is 0 Å². The van der Waals surface area contributed by atoms with Gasteiger partial charge in [-0.3, -0.25) is 0 Å². The molecule has 0 aromatic heterocycles. The van der Waals surface area contributed by atoms with Crippen LogP contribution in [0.5, 0.6) is 0 Å². The summed E-state index contributed by atoms with van der Waals surface area (Å²) in [6.07, 6.45) is 7.04. The Morgan fingerprint density at radius 1 is 1.26 bits per heavy atom. The highest BCUT2D eigenvalue weighted by Gasteiger charge is 2.44. The van der Waals surface area contributed by atoms with E-state index in [1.165, 1.54) is 48.7 Å². The summed E-state index contributed by atoms with van der Waals surface area (Å²) in [5.74, 6) is 1.58. The molecule has 1 aromatic rings. The van der Waals surface area contributed by atoms with Gasteiger partial charge >= 0.3 is 0 Å². The van der Waals surface area contributed by atoms with E-state index in [4.69, 9.17) is 0 Å². The van der Waals surface area contributed by atoms with Gasteiger partial charge in [0, 0.05) is 16.9 Å². The van der Waals surface area contributed by atoms with Gasteiger partial charge in [-0.1, -0.05) is 53.9 Å². The largest absolute Gasteiger partial charge is 0.316 e. The second-order valence-corrected chi connectivity index (χ2v) is 7.45. The normalized spacial score (nSPS) is 35.5. The molecule has 1 heterocycles. The first-order valence-corrected chi connectivity index (χ1v) is 8.46. The molecule has 3 atom stereocenters. The lowest BCUT2D eigenvalue weighted by Crippen LogP contribution is -2.46. The molecule has 1 spiro atoms. The van der Waals surface area contributed by atoms with Gasteiger partial charge in [0.1, 0.15) is 0 Å². The summed E-state index contributed by atoms with van der Waals surface area (Å²) in [4.78, 5) is 0. The Bertz CT molecular complexity index is 441. The van der Waals surface area contributed by atoms with Crippen LogP contribution in [0.2, 0.25) is 0 Å². The van der Waals surface area contributed by atoms with Gasteiger partial charge in [-0.15, -0.1) is 0 Å². The third kappa shape index (κ3) is 2.62. The Hall–Kier alpha value is -0.340. The monoisotopic (exact) mass is 321 g/mol. The van der Waals surface area contributed by atoms with Gasteiger partial charge in [0.05, 0.1) is 0 Å². The highest BCUT2D eigenvalue weighted by atomic mass is 79.9. The van der Waals surface area contributed by atoms with Crippen molar-refractivity contribution in [2.75, 3.05) is 13.1 Å². The molecule has 1 aromatic carbocycles. The van der Waals surface area contributed by atoms with Crippen molar-refractivity contribution >= 4 is 15.9 Å². The van der Waals surface area contributed by atoms with E-state index in [1.807, 2.05) is 0 Å². The molecular weight excluding hydrogens is 298 g/mol. The number of hydrogen-bond donors (Lipinski definition) is 1. The van der Waals surface area contributed by atoms with Crippen molar-refractivity contribution in [3.05, 3.63) is 34.3 Å². The number of halogens is 1. The summed E-state index contributed by atoms with van der Waals surface area (Å²) in [5, 5.41) is 3.63. The van der Waals surface area contributed by atoms with Crippen LogP contribution in [0, 0.1) is 11.3 Å². The fraction of sp³-hybridized carbons (Fsp3) is 0.647. The fourth-order valence-corrected chi connectivity index (χ4v) is 4.98. The van der Waals surface area contributed by atoms with E-state index in [-0.39, 0.29) is 0 Å².